The van der Waals surface area contributed by atoms with Crippen LogP contribution in [0, 0.1) is 12.8 Å². The summed E-state index contributed by atoms with van der Waals surface area (Å²) in [5.74, 6) is 1.18. The Kier molecular flexibility index (Phi) is 6.44. The van der Waals surface area contributed by atoms with E-state index in [1.54, 1.807) is 36.1 Å². The third kappa shape index (κ3) is 5.48. The van der Waals surface area contributed by atoms with E-state index in [1.165, 1.54) is 0 Å². The molecule has 0 saturated carbocycles. The number of hydrogen-bond donors (Lipinski definition) is 1. The standard InChI is InChI=1S/C22H24N6OS/c1-16-12-24-22(30-16)27-20-11-19(25-15-26-20)10-18-5-3-9-28(14-18)21(29)7-6-17-4-2-8-23-13-17/h2,4,6-8,11-13,15,18H,3,5,9-10,14H2,1H3,(H,24,25,26,27)/b7-6+/t18-/m1/s1. The predicted octanol–water partition coefficient (Wildman–Crippen LogP) is 3.87. The van der Waals surface area contributed by atoms with E-state index in [2.05, 4.69) is 25.3 Å². The Labute approximate surface area is 179 Å². The van der Waals surface area contributed by atoms with Gasteiger partial charge in [0.05, 0.1) is 0 Å². The third-order valence-corrected chi connectivity index (χ3v) is 5.84. The van der Waals surface area contributed by atoms with Crippen LogP contribution in [0.5, 0.6) is 0 Å². The number of amides is 1. The first-order chi connectivity index (χ1) is 14.7. The number of nitrogens with zero attached hydrogens (tertiary/aromatic N) is 5. The molecule has 0 bridgehead atoms. The normalized spacial score (nSPS) is 16.7. The second-order valence-electron chi connectivity index (χ2n) is 7.41. The summed E-state index contributed by atoms with van der Waals surface area (Å²) in [7, 11) is 0. The van der Waals surface area contributed by atoms with Gasteiger partial charge < -0.3 is 10.2 Å². The largest absolute Gasteiger partial charge is 0.339 e. The summed E-state index contributed by atoms with van der Waals surface area (Å²) in [5, 5.41) is 4.07. The van der Waals surface area contributed by atoms with Crippen molar-refractivity contribution in [1.82, 2.24) is 24.8 Å². The van der Waals surface area contributed by atoms with Crippen molar-refractivity contribution in [1.29, 1.82) is 0 Å². The summed E-state index contributed by atoms with van der Waals surface area (Å²) >= 11 is 1.59. The van der Waals surface area contributed by atoms with Gasteiger partial charge in [-0.3, -0.25) is 9.78 Å². The van der Waals surface area contributed by atoms with Crippen molar-refractivity contribution in [2.75, 3.05) is 18.4 Å². The van der Waals surface area contributed by atoms with Crippen LogP contribution in [-0.2, 0) is 11.2 Å². The summed E-state index contributed by atoms with van der Waals surface area (Å²) in [6, 6.07) is 5.77. The molecule has 154 valence electrons. The van der Waals surface area contributed by atoms with E-state index in [1.807, 2.05) is 42.3 Å². The van der Waals surface area contributed by atoms with E-state index in [0.717, 1.165) is 59.4 Å². The fraction of sp³-hybridized carbons (Fsp3) is 0.318. The van der Waals surface area contributed by atoms with Gasteiger partial charge in [-0.2, -0.15) is 0 Å². The zero-order valence-corrected chi connectivity index (χ0v) is 17.7. The molecule has 0 aromatic carbocycles. The molecule has 1 saturated heterocycles. The van der Waals surface area contributed by atoms with Crippen molar-refractivity contribution in [3.63, 3.8) is 0 Å². The number of nitrogens with one attached hydrogen (secondary N) is 1. The van der Waals surface area contributed by atoms with Crippen molar-refractivity contribution in [2.24, 2.45) is 5.92 Å². The monoisotopic (exact) mass is 420 g/mol. The lowest BCUT2D eigenvalue weighted by atomic mass is 9.93. The smallest absolute Gasteiger partial charge is 0.246 e. The van der Waals surface area contributed by atoms with Gasteiger partial charge >= 0.3 is 0 Å². The summed E-state index contributed by atoms with van der Waals surface area (Å²) in [5.41, 5.74) is 1.90. The van der Waals surface area contributed by atoms with Gasteiger partial charge in [-0.25, -0.2) is 15.0 Å². The van der Waals surface area contributed by atoms with Gasteiger partial charge in [0.25, 0.3) is 0 Å². The first-order valence-corrected chi connectivity index (χ1v) is 10.8. The maximum atomic E-state index is 12.6. The molecule has 30 heavy (non-hydrogen) atoms. The molecular formula is C22H24N6OS. The average Bonchev–Trinajstić information content (AvgIpc) is 3.17. The van der Waals surface area contributed by atoms with Crippen molar-refractivity contribution in [3.05, 3.63) is 65.3 Å². The molecule has 0 unspecified atom stereocenters. The Morgan fingerprint density at radius 3 is 3.07 bits per heavy atom. The molecule has 1 fully saturated rings. The number of anilines is 2. The lowest BCUT2D eigenvalue weighted by Crippen LogP contribution is -2.39. The van der Waals surface area contributed by atoms with E-state index in [9.17, 15) is 4.79 Å². The maximum Gasteiger partial charge on any atom is 0.246 e. The summed E-state index contributed by atoms with van der Waals surface area (Å²) in [6.45, 7) is 3.57. The molecule has 0 spiro atoms. The van der Waals surface area contributed by atoms with E-state index < -0.39 is 0 Å². The molecule has 4 heterocycles. The molecular weight excluding hydrogens is 396 g/mol. The van der Waals surface area contributed by atoms with E-state index >= 15 is 0 Å². The highest BCUT2D eigenvalue weighted by atomic mass is 32.1. The Morgan fingerprint density at radius 1 is 1.33 bits per heavy atom. The van der Waals surface area contributed by atoms with Gasteiger partial charge in [0.1, 0.15) is 12.1 Å². The summed E-state index contributed by atoms with van der Waals surface area (Å²) < 4.78 is 0. The second-order valence-corrected chi connectivity index (χ2v) is 8.65. The Bertz CT molecular complexity index is 1020. The van der Waals surface area contributed by atoms with Crippen LogP contribution in [0.2, 0.25) is 0 Å². The minimum absolute atomic E-state index is 0.0488. The molecule has 1 amide bonds. The maximum absolute atomic E-state index is 12.6. The van der Waals surface area contributed by atoms with Crippen molar-refractivity contribution < 1.29 is 4.79 Å². The van der Waals surface area contributed by atoms with E-state index in [-0.39, 0.29) is 5.91 Å². The van der Waals surface area contributed by atoms with Gasteiger partial charge in [-0.15, -0.1) is 11.3 Å². The first-order valence-electron chi connectivity index (χ1n) is 10.0. The molecule has 4 rings (SSSR count). The van der Waals surface area contributed by atoms with Gasteiger partial charge in [0.2, 0.25) is 5.91 Å². The number of hydrogen-bond acceptors (Lipinski definition) is 7. The Morgan fingerprint density at radius 2 is 2.27 bits per heavy atom. The fourth-order valence-electron chi connectivity index (χ4n) is 3.57. The number of carbonyl (C=O) groups is 1. The number of piperidine rings is 1. The van der Waals surface area contributed by atoms with E-state index in [4.69, 9.17) is 0 Å². The second kappa shape index (κ2) is 9.58. The van der Waals surface area contributed by atoms with Crippen molar-refractivity contribution in [2.45, 2.75) is 26.2 Å². The van der Waals surface area contributed by atoms with Crippen LogP contribution in [0.1, 0.15) is 29.0 Å². The lowest BCUT2D eigenvalue weighted by molar-refractivity contribution is -0.127. The highest BCUT2D eigenvalue weighted by Crippen LogP contribution is 2.23. The molecule has 1 aliphatic heterocycles. The van der Waals surface area contributed by atoms with Crippen LogP contribution in [0.3, 0.4) is 0 Å². The highest BCUT2D eigenvalue weighted by molar-refractivity contribution is 7.15. The first kappa shape index (κ1) is 20.2. The number of likely N-dealkylation sites (tertiary alicyclic amines) is 1. The number of carbonyl (C=O) groups excluding carboxylic acids is 1. The van der Waals surface area contributed by atoms with Crippen molar-refractivity contribution in [3.8, 4) is 0 Å². The Hall–Kier alpha value is -3.13. The Balaban J connectivity index is 1.35. The van der Waals surface area contributed by atoms with Crippen LogP contribution in [-0.4, -0.2) is 43.8 Å². The van der Waals surface area contributed by atoms with Gasteiger partial charge in [0.15, 0.2) is 5.13 Å². The average molecular weight is 421 g/mol. The number of thiazole rings is 1. The van der Waals surface area contributed by atoms with Crippen LogP contribution < -0.4 is 5.32 Å². The quantitative estimate of drug-likeness (QED) is 0.610. The number of rotatable bonds is 6. The summed E-state index contributed by atoms with van der Waals surface area (Å²) in [4.78, 5) is 32.8. The van der Waals surface area contributed by atoms with Gasteiger partial charge in [-0.1, -0.05) is 6.07 Å². The zero-order valence-electron chi connectivity index (χ0n) is 16.9. The molecule has 3 aromatic heterocycles. The summed E-state index contributed by atoms with van der Waals surface area (Å²) in [6.07, 6.45) is 13.3. The molecule has 1 atom stereocenters. The zero-order chi connectivity index (χ0) is 20.8. The number of pyridine rings is 1. The van der Waals surface area contributed by atoms with Crippen LogP contribution in [0.4, 0.5) is 10.9 Å². The van der Waals surface area contributed by atoms with Gasteiger partial charge in [0, 0.05) is 54.4 Å². The van der Waals surface area contributed by atoms with Crippen molar-refractivity contribution >= 4 is 34.3 Å². The molecule has 0 radical (unpaired) electrons. The molecule has 8 heteroatoms. The highest BCUT2D eigenvalue weighted by Gasteiger charge is 2.23. The number of aryl methyl sites for hydroxylation is 1. The lowest BCUT2D eigenvalue weighted by Gasteiger charge is -2.32. The van der Waals surface area contributed by atoms with E-state index in [0.29, 0.717) is 5.92 Å². The van der Waals surface area contributed by atoms with Crippen LogP contribution in [0.15, 0.2) is 49.2 Å². The SMILES string of the molecule is Cc1cnc(Nc2cc(C[C@H]3CCCN(C(=O)/C=C/c4cccnc4)C3)ncn2)s1. The number of aromatic nitrogens is 4. The molecule has 0 aliphatic carbocycles. The molecule has 3 aromatic rings. The third-order valence-electron chi connectivity index (χ3n) is 5.01. The fourth-order valence-corrected chi connectivity index (χ4v) is 4.25. The molecule has 1 N–H and O–H groups in total. The van der Waals surface area contributed by atoms with Crippen LogP contribution in [0.25, 0.3) is 6.08 Å². The predicted molar refractivity (Wildman–Crippen MR) is 118 cm³/mol. The van der Waals surface area contributed by atoms with Gasteiger partial charge in [-0.05, 0) is 49.8 Å². The minimum atomic E-state index is 0.0488. The molecule has 7 nitrogen and oxygen atoms in total. The minimum Gasteiger partial charge on any atom is -0.339 e. The topological polar surface area (TPSA) is 83.9 Å². The van der Waals surface area contributed by atoms with Crippen LogP contribution >= 0.6 is 11.3 Å². The molecule has 1 aliphatic rings.